The van der Waals surface area contributed by atoms with Gasteiger partial charge in [0.05, 0.1) is 11.6 Å². The van der Waals surface area contributed by atoms with E-state index in [0.717, 1.165) is 0 Å². The van der Waals surface area contributed by atoms with Crippen LogP contribution in [0.15, 0.2) is 57.7 Å². The molecule has 4 rings (SSSR count). The molecule has 0 fully saturated rings. The van der Waals surface area contributed by atoms with Gasteiger partial charge in [-0.1, -0.05) is 6.07 Å². The Balaban J connectivity index is 1.44. The molecule has 0 bridgehead atoms. The van der Waals surface area contributed by atoms with Gasteiger partial charge in [0.2, 0.25) is 5.82 Å². The van der Waals surface area contributed by atoms with Gasteiger partial charge in [-0.25, -0.2) is 0 Å². The fraction of sp³-hybridized carbons (Fsp3) is 0.150. The first-order valence-electron chi connectivity index (χ1n) is 8.88. The summed E-state index contributed by atoms with van der Waals surface area (Å²) in [6.07, 6.45) is -0.943. The first-order chi connectivity index (χ1) is 14.6. The lowest BCUT2D eigenvalue weighted by molar-refractivity contribution is 0.0631. The molecule has 10 heteroatoms. The number of aromatic nitrogens is 4. The predicted octanol–water partition coefficient (Wildman–Crippen LogP) is 1.66. The number of nitriles is 1. The zero-order chi connectivity index (χ0) is 20.9. The Morgan fingerprint density at radius 3 is 2.70 bits per heavy atom. The third-order valence-electron chi connectivity index (χ3n) is 4.14. The van der Waals surface area contributed by atoms with Gasteiger partial charge in [-0.05, 0) is 41.6 Å². The van der Waals surface area contributed by atoms with E-state index in [9.17, 15) is 9.90 Å². The first kappa shape index (κ1) is 19.1. The summed E-state index contributed by atoms with van der Waals surface area (Å²) < 4.78 is 16.8. The van der Waals surface area contributed by atoms with E-state index in [1.165, 1.54) is 6.07 Å². The number of rotatable bonds is 7. The molecule has 2 N–H and O–H groups in total. The molecule has 2 heterocycles. The molecule has 150 valence electrons. The van der Waals surface area contributed by atoms with Crippen molar-refractivity contribution in [1.82, 2.24) is 20.6 Å². The number of benzene rings is 2. The molecule has 4 aromatic rings. The van der Waals surface area contributed by atoms with Crippen LogP contribution in [0.4, 0.5) is 0 Å². The molecule has 0 amide bonds. The third kappa shape index (κ3) is 4.11. The van der Waals surface area contributed by atoms with Gasteiger partial charge in [0.25, 0.3) is 0 Å². The highest BCUT2D eigenvalue weighted by atomic mass is 16.5. The zero-order valence-electron chi connectivity index (χ0n) is 15.5. The van der Waals surface area contributed by atoms with E-state index in [2.05, 4.69) is 20.6 Å². The molecule has 10 nitrogen and oxygen atoms in total. The van der Waals surface area contributed by atoms with Crippen LogP contribution in [0.2, 0.25) is 0 Å². The molecule has 0 aliphatic heterocycles. The number of tetrazole rings is 1. The number of aromatic amines is 1. The number of hydrogen-bond donors (Lipinski definition) is 2. The number of hydrogen-bond acceptors (Lipinski definition) is 9. The maximum atomic E-state index is 12.6. The van der Waals surface area contributed by atoms with Gasteiger partial charge >= 0.3 is 0 Å². The fourth-order valence-corrected chi connectivity index (χ4v) is 2.73. The Bertz CT molecular complexity index is 1250. The van der Waals surface area contributed by atoms with E-state index in [1.807, 2.05) is 6.07 Å². The summed E-state index contributed by atoms with van der Waals surface area (Å²) in [4.78, 5) is 12.6. The third-order valence-corrected chi connectivity index (χ3v) is 4.14. The van der Waals surface area contributed by atoms with Crippen LogP contribution in [0.5, 0.6) is 11.5 Å². The van der Waals surface area contributed by atoms with Crippen LogP contribution in [0.1, 0.15) is 5.56 Å². The number of nitrogens with zero attached hydrogens (tertiary/aromatic N) is 4. The highest BCUT2D eigenvalue weighted by molar-refractivity contribution is 5.84. The minimum Gasteiger partial charge on any atom is -0.491 e. The maximum Gasteiger partial charge on any atom is 0.239 e. The van der Waals surface area contributed by atoms with Crippen LogP contribution in [0.25, 0.3) is 22.6 Å². The quantitative estimate of drug-likeness (QED) is 0.468. The Kier molecular flexibility index (Phi) is 5.36. The van der Waals surface area contributed by atoms with E-state index in [-0.39, 0.29) is 41.4 Å². The van der Waals surface area contributed by atoms with Crippen LogP contribution in [0, 0.1) is 11.3 Å². The second-order valence-electron chi connectivity index (χ2n) is 6.25. The molecule has 0 saturated heterocycles. The Labute approximate surface area is 169 Å². The monoisotopic (exact) mass is 405 g/mol. The van der Waals surface area contributed by atoms with Crippen LogP contribution in [0.3, 0.4) is 0 Å². The Hall–Kier alpha value is -4.23. The SMILES string of the molecule is N#Cc1ccc(OC[C@@H](O)COc2cccc3oc(-c4nn[nH]n4)cc(=O)c23)cc1. The summed E-state index contributed by atoms with van der Waals surface area (Å²) in [7, 11) is 0. The van der Waals surface area contributed by atoms with Gasteiger partial charge in [-0.15, -0.1) is 10.2 Å². The molecular weight excluding hydrogens is 390 g/mol. The summed E-state index contributed by atoms with van der Waals surface area (Å²) in [5, 5.41) is 32.5. The molecule has 30 heavy (non-hydrogen) atoms. The lowest BCUT2D eigenvalue weighted by atomic mass is 10.2. The molecule has 0 aliphatic carbocycles. The normalized spacial score (nSPS) is 11.7. The summed E-state index contributed by atoms with van der Waals surface area (Å²) in [5.41, 5.74) is 0.474. The average Bonchev–Trinajstić information content (AvgIpc) is 3.31. The van der Waals surface area contributed by atoms with Crippen molar-refractivity contribution >= 4 is 11.0 Å². The average molecular weight is 405 g/mol. The minimum atomic E-state index is -0.943. The molecule has 0 radical (unpaired) electrons. The maximum absolute atomic E-state index is 12.6. The summed E-state index contributed by atoms with van der Waals surface area (Å²) >= 11 is 0. The number of aliphatic hydroxyl groups excluding tert-OH is 1. The van der Waals surface area contributed by atoms with Crippen molar-refractivity contribution in [2.45, 2.75) is 6.10 Å². The minimum absolute atomic E-state index is 0.0206. The number of ether oxygens (including phenoxy) is 2. The molecular formula is C20H15N5O5. The van der Waals surface area contributed by atoms with Crippen molar-refractivity contribution in [3.63, 3.8) is 0 Å². The molecule has 1 atom stereocenters. The van der Waals surface area contributed by atoms with Crippen molar-refractivity contribution in [3.8, 4) is 29.2 Å². The molecule has 2 aromatic heterocycles. The number of nitrogens with one attached hydrogen (secondary N) is 1. The van der Waals surface area contributed by atoms with Crippen LogP contribution >= 0.6 is 0 Å². The van der Waals surface area contributed by atoms with E-state index < -0.39 is 6.10 Å². The molecule has 0 saturated carbocycles. The Morgan fingerprint density at radius 2 is 1.97 bits per heavy atom. The van der Waals surface area contributed by atoms with E-state index in [0.29, 0.717) is 16.9 Å². The van der Waals surface area contributed by atoms with Crippen LogP contribution in [-0.2, 0) is 0 Å². The standard InChI is InChI=1S/C20H15N5O5/c21-9-12-4-6-14(7-5-12)28-10-13(26)11-29-16-2-1-3-17-19(16)15(27)8-18(30-17)20-22-24-25-23-20/h1-8,13,26H,10-11H2,(H,22,23,24,25)/t13-/m1/s1. The highest BCUT2D eigenvalue weighted by Gasteiger charge is 2.15. The second-order valence-corrected chi connectivity index (χ2v) is 6.25. The largest absolute Gasteiger partial charge is 0.491 e. The predicted molar refractivity (Wildman–Crippen MR) is 104 cm³/mol. The smallest absolute Gasteiger partial charge is 0.239 e. The summed E-state index contributed by atoms with van der Waals surface area (Å²) in [5.74, 6) is 1.14. The number of H-pyrrole nitrogens is 1. The molecule has 0 spiro atoms. The lowest BCUT2D eigenvalue weighted by Crippen LogP contribution is -2.25. The van der Waals surface area contributed by atoms with Crippen molar-refractivity contribution < 1.29 is 19.0 Å². The van der Waals surface area contributed by atoms with E-state index in [4.69, 9.17) is 19.2 Å². The summed E-state index contributed by atoms with van der Waals surface area (Å²) in [6, 6.07) is 14.7. The van der Waals surface area contributed by atoms with Gasteiger partial charge in [-0.3, -0.25) is 4.79 Å². The molecule has 2 aromatic carbocycles. The van der Waals surface area contributed by atoms with Crippen LogP contribution < -0.4 is 14.9 Å². The van der Waals surface area contributed by atoms with Crippen LogP contribution in [-0.4, -0.2) is 45.0 Å². The van der Waals surface area contributed by atoms with Gasteiger partial charge in [0.1, 0.15) is 41.8 Å². The molecule has 0 aliphatic rings. The van der Waals surface area contributed by atoms with Gasteiger partial charge in [0, 0.05) is 6.07 Å². The molecule has 0 unspecified atom stereocenters. The fourth-order valence-electron chi connectivity index (χ4n) is 2.73. The van der Waals surface area contributed by atoms with Crippen molar-refractivity contribution in [3.05, 3.63) is 64.3 Å². The highest BCUT2D eigenvalue weighted by Crippen LogP contribution is 2.25. The van der Waals surface area contributed by atoms with Crippen molar-refractivity contribution in [2.24, 2.45) is 0 Å². The first-order valence-corrected chi connectivity index (χ1v) is 8.88. The van der Waals surface area contributed by atoms with E-state index in [1.54, 1.807) is 42.5 Å². The van der Waals surface area contributed by atoms with Gasteiger partial charge in [0.15, 0.2) is 11.2 Å². The number of aliphatic hydroxyl groups is 1. The van der Waals surface area contributed by atoms with Gasteiger partial charge < -0.3 is 19.0 Å². The van der Waals surface area contributed by atoms with Gasteiger partial charge in [-0.2, -0.15) is 10.5 Å². The second kappa shape index (κ2) is 8.42. The van der Waals surface area contributed by atoms with E-state index >= 15 is 0 Å². The lowest BCUT2D eigenvalue weighted by Gasteiger charge is -2.14. The van der Waals surface area contributed by atoms with Crippen molar-refractivity contribution in [1.29, 1.82) is 5.26 Å². The topological polar surface area (TPSA) is 147 Å². The number of fused-ring (bicyclic) bond motifs is 1. The Morgan fingerprint density at radius 1 is 1.17 bits per heavy atom. The van der Waals surface area contributed by atoms with Crippen molar-refractivity contribution in [2.75, 3.05) is 13.2 Å². The summed E-state index contributed by atoms with van der Waals surface area (Å²) in [6.45, 7) is -0.116. The zero-order valence-corrected chi connectivity index (χ0v) is 15.5.